The molecular weight excluding hydrogens is 241 g/mol. The quantitative estimate of drug-likeness (QED) is 0.831. The highest BCUT2D eigenvalue weighted by molar-refractivity contribution is 6.42. The average Bonchev–Trinajstić information content (AvgIpc) is 2.17. The lowest BCUT2D eigenvalue weighted by atomic mass is 9.85. The van der Waals surface area contributed by atoms with Crippen molar-refractivity contribution in [1.29, 1.82) is 0 Å². The number of rotatable bonds is 3. The highest BCUT2D eigenvalue weighted by Crippen LogP contribution is 2.32. The fourth-order valence-corrected chi connectivity index (χ4v) is 2.03. The molecule has 0 heterocycles. The average molecular weight is 260 g/mol. The molecule has 0 aliphatic carbocycles. The van der Waals surface area contributed by atoms with Crippen LogP contribution in [0.15, 0.2) is 18.2 Å². The Morgan fingerprint density at radius 3 is 2.25 bits per heavy atom. The first-order valence-corrected chi connectivity index (χ1v) is 6.21. The Labute approximate surface area is 108 Å². The van der Waals surface area contributed by atoms with E-state index in [1.165, 1.54) is 5.56 Å². The molecule has 1 aromatic carbocycles. The van der Waals surface area contributed by atoms with Gasteiger partial charge in [-0.1, -0.05) is 50.0 Å². The van der Waals surface area contributed by atoms with Gasteiger partial charge in [0, 0.05) is 6.04 Å². The van der Waals surface area contributed by atoms with Gasteiger partial charge in [0.2, 0.25) is 0 Å². The zero-order valence-corrected chi connectivity index (χ0v) is 11.8. The van der Waals surface area contributed by atoms with Gasteiger partial charge < -0.3 is 5.32 Å². The van der Waals surface area contributed by atoms with E-state index >= 15 is 0 Å². The van der Waals surface area contributed by atoms with E-state index in [9.17, 15) is 0 Å². The maximum absolute atomic E-state index is 6.03. The molecule has 0 bridgehead atoms. The molecule has 0 spiro atoms. The molecule has 0 saturated heterocycles. The Morgan fingerprint density at radius 1 is 1.19 bits per heavy atom. The van der Waals surface area contributed by atoms with Crippen molar-refractivity contribution in [3.63, 3.8) is 0 Å². The lowest BCUT2D eigenvalue weighted by Gasteiger charge is -2.26. The minimum absolute atomic E-state index is 0.278. The molecule has 0 aromatic heterocycles. The first-order valence-electron chi connectivity index (χ1n) is 5.46. The molecule has 0 aliphatic rings. The van der Waals surface area contributed by atoms with Crippen molar-refractivity contribution in [2.75, 3.05) is 7.05 Å². The number of nitrogens with one attached hydrogen (secondary N) is 1. The van der Waals surface area contributed by atoms with Gasteiger partial charge in [0.05, 0.1) is 10.0 Å². The Kier molecular flexibility index (Phi) is 4.66. The molecule has 1 nitrogen and oxygen atoms in total. The van der Waals surface area contributed by atoms with E-state index in [1.807, 2.05) is 25.2 Å². The van der Waals surface area contributed by atoms with Crippen molar-refractivity contribution in [3.05, 3.63) is 33.8 Å². The predicted octanol–water partition coefficient (Wildman–Crippen LogP) is 4.69. The third kappa shape index (κ3) is 3.97. The second-order valence-corrected chi connectivity index (χ2v) is 6.09. The largest absolute Gasteiger partial charge is 0.313 e. The normalized spacial score (nSPS) is 13.9. The molecule has 1 atom stereocenters. The summed E-state index contributed by atoms with van der Waals surface area (Å²) >= 11 is 11.9. The first-order chi connectivity index (χ1) is 7.33. The van der Waals surface area contributed by atoms with Crippen LogP contribution in [0.5, 0.6) is 0 Å². The molecule has 0 fully saturated rings. The summed E-state index contributed by atoms with van der Waals surface area (Å²) in [6, 6.07) is 6.14. The second kappa shape index (κ2) is 5.39. The summed E-state index contributed by atoms with van der Waals surface area (Å²) in [5.41, 5.74) is 1.46. The van der Waals surface area contributed by atoms with E-state index in [0.29, 0.717) is 16.1 Å². The number of hydrogen-bond acceptors (Lipinski definition) is 1. The fraction of sp³-hybridized carbons (Fsp3) is 0.538. The summed E-state index contributed by atoms with van der Waals surface area (Å²) in [6.07, 6.45) is 1.06. The van der Waals surface area contributed by atoms with Crippen molar-refractivity contribution < 1.29 is 0 Å². The SMILES string of the molecule is CNC(CC(C)(C)C)c1ccc(Cl)c(Cl)c1. The molecular formula is C13H19Cl2N. The van der Waals surface area contributed by atoms with Crippen molar-refractivity contribution >= 4 is 23.2 Å². The molecule has 90 valence electrons. The van der Waals surface area contributed by atoms with Crippen molar-refractivity contribution in [1.82, 2.24) is 5.32 Å². The summed E-state index contributed by atoms with van der Waals surface area (Å²) in [6.45, 7) is 6.69. The van der Waals surface area contributed by atoms with Gasteiger partial charge in [-0.15, -0.1) is 0 Å². The van der Waals surface area contributed by atoms with E-state index in [4.69, 9.17) is 23.2 Å². The highest BCUT2D eigenvalue weighted by Gasteiger charge is 2.19. The van der Waals surface area contributed by atoms with Crippen molar-refractivity contribution in [3.8, 4) is 0 Å². The van der Waals surface area contributed by atoms with Gasteiger partial charge in [-0.3, -0.25) is 0 Å². The summed E-state index contributed by atoms with van der Waals surface area (Å²) in [7, 11) is 1.97. The van der Waals surface area contributed by atoms with Gasteiger partial charge in [0.25, 0.3) is 0 Å². The summed E-state index contributed by atoms with van der Waals surface area (Å²) < 4.78 is 0. The number of benzene rings is 1. The lowest BCUT2D eigenvalue weighted by molar-refractivity contribution is 0.321. The standard InChI is InChI=1S/C13H19Cl2N/c1-13(2,3)8-12(16-4)9-5-6-10(14)11(15)7-9/h5-7,12,16H,8H2,1-4H3. The minimum atomic E-state index is 0.278. The summed E-state index contributed by atoms with van der Waals surface area (Å²) in [5, 5.41) is 4.55. The van der Waals surface area contributed by atoms with Crippen molar-refractivity contribution in [2.45, 2.75) is 33.2 Å². The Bertz CT molecular complexity index is 355. The van der Waals surface area contributed by atoms with E-state index < -0.39 is 0 Å². The van der Waals surface area contributed by atoms with Gasteiger partial charge in [0.1, 0.15) is 0 Å². The van der Waals surface area contributed by atoms with Crippen LogP contribution in [0.1, 0.15) is 38.8 Å². The van der Waals surface area contributed by atoms with Crippen LogP contribution in [-0.4, -0.2) is 7.05 Å². The highest BCUT2D eigenvalue weighted by atomic mass is 35.5. The molecule has 1 N–H and O–H groups in total. The van der Waals surface area contributed by atoms with Gasteiger partial charge >= 0.3 is 0 Å². The zero-order valence-electron chi connectivity index (χ0n) is 10.3. The van der Waals surface area contributed by atoms with Gasteiger partial charge in [-0.05, 0) is 36.6 Å². The van der Waals surface area contributed by atoms with Crippen LogP contribution in [0.2, 0.25) is 10.0 Å². The van der Waals surface area contributed by atoms with Crippen LogP contribution >= 0.6 is 23.2 Å². The van der Waals surface area contributed by atoms with E-state index in [-0.39, 0.29) is 5.41 Å². The van der Waals surface area contributed by atoms with Crippen LogP contribution < -0.4 is 5.32 Å². The molecule has 0 radical (unpaired) electrons. The molecule has 0 saturated carbocycles. The zero-order chi connectivity index (χ0) is 12.3. The van der Waals surface area contributed by atoms with Crippen LogP contribution in [0.3, 0.4) is 0 Å². The van der Waals surface area contributed by atoms with Gasteiger partial charge in [-0.2, -0.15) is 0 Å². The maximum atomic E-state index is 6.03. The van der Waals surface area contributed by atoms with E-state index in [0.717, 1.165) is 6.42 Å². The Morgan fingerprint density at radius 2 is 1.81 bits per heavy atom. The Balaban J connectivity index is 2.91. The molecule has 3 heteroatoms. The summed E-state index contributed by atoms with van der Waals surface area (Å²) in [4.78, 5) is 0. The first kappa shape index (κ1) is 13.8. The Hall–Kier alpha value is -0.240. The smallest absolute Gasteiger partial charge is 0.0595 e. The maximum Gasteiger partial charge on any atom is 0.0595 e. The number of hydrogen-bond donors (Lipinski definition) is 1. The molecule has 0 aliphatic heterocycles. The van der Waals surface area contributed by atoms with Crippen LogP contribution in [0, 0.1) is 5.41 Å². The lowest BCUT2D eigenvalue weighted by Crippen LogP contribution is -2.22. The van der Waals surface area contributed by atoms with Crippen LogP contribution in [0.25, 0.3) is 0 Å². The molecule has 1 rings (SSSR count). The van der Waals surface area contributed by atoms with Gasteiger partial charge in [0.15, 0.2) is 0 Å². The van der Waals surface area contributed by atoms with Crippen LogP contribution in [0.4, 0.5) is 0 Å². The number of halogens is 2. The molecule has 0 amide bonds. The molecule has 16 heavy (non-hydrogen) atoms. The molecule has 1 aromatic rings. The van der Waals surface area contributed by atoms with E-state index in [1.54, 1.807) is 0 Å². The van der Waals surface area contributed by atoms with Crippen molar-refractivity contribution in [2.24, 2.45) is 5.41 Å². The van der Waals surface area contributed by atoms with Gasteiger partial charge in [-0.25, -0.2) is 0 Å². The fourth-order valence-electron chi connectivity index (χ4n) is 1.73. The minimum Gasteiger partial charge on any atom is -0.313 e. The monoisotopic (exact) mass is 259 g/mol. The summed E-state index contributed by atoms with van der Waals surface area (Å²) in [5.74, 6) is 0. The van der Waals surface area contributed by atoms with Crippen LogP contribution in [-0.2, 0) is 0 Å². The molecule has 1 unspecified atom stereocenters. The van der Waals surface area contributed by atoms with E-state index in [2.05, 4.69) is 26.1 Å². The third-order valence-corrected chi connectivity index (χ3v) is 3.25. The topological polar surface area (TPSA) is 12.0 Å². The third-order valence-electron chi connectivity index (χ3n) is 2.51. The predicted molar refractivity (Wildman–Crippen MR) is 72.3 cm³/mol. The second-order valence-electron chi connectivity index (χ2n) is 5.28.